The van der Waals surface area contributed by atoms with Gasteiger partial charge in [0.15, 0.2) is 0 Å². The predicted octanol–water partition coefficient (Wildman–Crippen LogP) is 5.93. The minimum Gasteiger partial charge on any atom is -0.314 e. The van der Waals surface area contributed by atoms with E-state index >= 15 is 0 Å². The van der Waals surface area contributed by atoms with Crippen LogP contribution in [0.1, 0.15) is 97.8 Å². The predicted molar refractivity (Wildman–Crippen MR) is 91.2 cm³/mol. The monoisotopic (exact) mass is 281 g/mol. The maximum atomic E-state index is 3.94. The molecule has 1 rings (SSSR count). The first kappa shape index (κ1) is 18.0. The summed E-state index contributed by atoms with van der Waals surface area (Å²) in [6.07, 6.45) is 17.0. The molecule has 0 aromatic carbocycles. The Balaban J connectivity index is 2.25. The average molecular weight is 282 g/mol. The van der Waals surface area contributed by atoms with Gasteiger partial charge in [-0.25, -0.2) is 0 Å². The maximum Gasteiger partial charge on any atom is 0.00671 e. The second-order valence-corrected chi connectivity index (χ2v) is 7.12. The van der Waals surface area contributed by atoms with Crippen molar-refractivity contribution in [2.24, 2.45) is 11.8 Å². The molecule has 1 aliphatic rings. The summed E-state index contributed by atoms with van der Waals surface area (Å²) in [5.41, 5.74) is 0. The Hall–Kier alpha value is -0.0400. The van der Waals surface area contributed by atoms with Crippen molar-refractivity contribution in [3.05, 3.63) is 0 Å². The first-order valence-corrected chi connectivity index (χ1v) is 9.51. The van der Waals surface area contributed by atoms with E-state index in [0.29, 0.717) is 0 Å². The Morgan fingerprint density at radius 3 is 2.05 bits per heavy atom. The lowest BCUT2D eigenvalue weighted by Gasteiger charge is -2.31. The molecular formula is C19H39N. The summed E-state index contributed by atoms with van der Waals surface area (Å²) >= 11 is 0. The molecule has 20 heavy (non-hydrogen) atoms. The van der Waals surface area contributed by atoms with E-state index in [2.05, 4.69) is 26.1 Å². The molecule has 2 unspecified atom stereocenters. The van der Waals surface area contributed by atoms with Crippen molar-refractivity contribution in [2.45, 2.75) is 104 Å². The molecular weight excluding hydrogens is 242 g/mol. The highest BCUT2D eigenvalue weighted by Gasteiger charge is 2.21. The number of nitrogens with one attached hydrogen (secondary N) is 1. The Kier molecular flexibility index (Phi) is 10.4. The van der Waals surface area contributed by atoms with E-state index < -0.39 is 0 Å². The Labute approximate surface area is 128 Å². The van der Waals surface area contributed by atoms with Crippen molar-refractivity contribution < 1.29 is 0 Å². The van der Waals surface area contributed by atoms with Crippen LogP contribution >= 0.6 is 0 Å². The molecule has 0 bridgehead atoms. The lowest BCUT2D eigenvalue weighted by Crippen LogP contribution is -2.36. The first-order chi connectivity index (χ1) is 9.77. The molecule has 0 radical (unpaired) electrons. The summed E-state index contributed by atoms with van der Waals surface area (Å²) in [4.78, 5) is 0. The first-order valence-electron chi connectivity index (χ1n) is 9.51. The molecule has 1 nitrogen and oxygen atoms in total. The highest BCUT2D eigenvalue weighted by Crippen LogP contribution is 2.29. The zero-order valence-electron chi connectivity index (χ0n) is 14.4. The molecule has 0 amide bonds. The van der Waals surface area contributed by atoms with Gasteiger partial charge in [0, 0.05) is 6.04 Å². The fourth-order valence-electron chi connectivity index (χ4n) is 3.64. The van der Waals surface area contributed by atoms with Gasteiger partial charge in [0.25, 0.3) is 0 Å². The van der Waals surface area contributed by atoms with Crippen LogP contribution in [0.4, 0.5) is 0 Å². The summed E-state index contributed by atoms with van der Waals surface area (Å²) in [6, 6.07) is 0.794. The summed E-state index contributed by atoms with van der Waals surface area (Å²) in [7, 11) is 0. The number of unbranched alkanes of at least 4 members (excludes halogenated alkanes) is 4. The minimum absolute atomic E-state index is 0.794. The van der Waals surface area contributed by atoms with Crippen LogP contribution in [0.5, 0.6) is 0 Å². The maximum absolute atomic E-state index is 3.94. The van der Waals surface area contributed by atoms with Crippen LogP contribution < -0.4 is 5.32 Å². The Morgan fingerprint density at radius 2 is 1.50 bits per heavy atom. The van der Waals surface area contributed by atoms with Gasteiger partial charge in [0.1, 0.15) is 0 Å². The van der Waals surface area contributed by atoms with E-state index in [0.717, 1.165) is 17.9 Å². The van der Waals surface area contributed by atoms with Crippen LogP contribution in [0.25, 0.3) is 0 Å². The largest absolute Gasteiger partial charge is 0.314 e. The van der Waals surface area contributed by atoms with Crippen LogP contribution in [-0.4, -0.2) is 12.6 Å². The number of hydrogen-bond donors (Lipinski definition) is 1. The van der Waals surface area contributed by atoms with Crippen LogP contribution in [0.15, 0.2) is 0 Å². The average Bonchev–Trinajstić information content (AvgIpc) is 2.46. The smallest absolute Gasteiger partial charge is 0.00671 e. The Bertz CT molecular complexity index is 204. The van der Waals surface area contributed by atoms with Gasteiger partial charge in [-0.1, -0.05) is 78.6 Å². The van der Waals surface area contributed by atoms with Crippen LogP contribution in [0, 0.1) is 11.8 Å². The van der Waals surface area contributed by atoms with Crippen LogP contribution in [0.3, 0.4) is 0 Å². The highest BCUT2D eigenvalue weighted by molar-refractivity contribution is 4.77. The second-order valence-electron chi connectivity index (χ2n) is 7.12. The van der Waals surface area contributed by atoms with Gasteiger partial charge in [0.05, 0.1) is 0 Å². The van der Waals surface area contributed by atoms with Gasteiger partial charge >= 0.3 is 0 Å². The van der Waals surface area contributed by atoms with Gasteiger partial charge in [0.2, 0.25) is 0 Å². The van der Waals surface area contributed by atoms with Gasteiger partial charge in [-0.2, -0.15) is 0 Å². The molecule has 1 heteroatoms. The van der Waals surface area contributed by atoms with Gasteiger partial charge in [-0.05, 0) is 37.6 Å². The standard InChI is InChI=1S/C19H39N/c1-4-6-8-14-19(15-9-7-5-2)20-16-18-13-11-10-12-17(18)3/h17-20H,4-16H2,1-3H3. The third-order valence-electron chi connectivity index (χ3n) is 5.27. The molecule has 0 saturated heterocycles. The highest BCUT2D eigenvalue weighted by atomic mass is 14.9. The molecule has 0 aromatic heterocycles. The van der Waals surface area contributed by atoms with E-state index in [4.69, 9.17) is 0 Å². The van der Waals surface area contributed by atoms with E-state index in [1.807, 2.05) is 0 Å². The number of hydrogen-bond acceptors (Lipinski definition) is 1. The summed E-state index contributed by atoms with van der Waals surface area (Å²) < 4.78 is 0. The summed E-state index contributed by atoms with van der Waals surface area (Å²) in [5, 5.41) is 3.94. The van der Waals surface area contributed by atoms with Crippen molar-refractivity contribution >= 4 is 0 Å². The molecule has 120 valence electrons. The SMILES string of the molecule is CCCCCC(CCCCC)NCC1CCCCC1C. The van der Waals surface area contributed by atoms with E-state index in [-0.39, 0.29) is 0 Å². The fourth-order valence-corrected chi connectivity index (χ4v) is 3.64. The van der Waals surface area contributed by atoms with Crippen molar-refractivity contribution in [1.29, 1.82) is 0 Å². The molecule has 0 spiro atoms. The lowest BCUT2D eigenvalue weighted by molar-refractivity contribution is 0.235. The molecule has 0 heterocycles. The van der Waals surface area contributed by atoms with Gasteiger partial charge < -0.3 is 5.32 Å². The third kappa shape index (κ3) is 7.67. The molecule has 2 atom stereocenters. The van der Waals surface area contributed by atoms with Crippen LogP contribution in [0.2, 0.25) is 0 Å². The zero-order valence-corrected chi connectivity index (χ0v) is 14.4. The van der Waals surface area contributed by atoms with E-state index in [9.17, 15) is 0 Å². The topological polar surface area (TPSA) is 12.0 Å². The molecule has 0 aliphatic heterocycles. The van der Waals surface area contributed by atoms with Crippen molar-refractivity contribution in [1.82, 2.24) is 5.32 Å². The van der Waals surface area contributed by atoms with Gasteiger partial charge in [-0.3, -0.25) is 0 Å². The van der Waals surface area contributed by atoms with Gasteiger partial charge in [-0.15, -0.1) is 0 Å². The van der Waals surface area contributed by atoms with Crippen molar-refractivity contribution in [3.63, 3.8) is 0 Å². The molecule has 0 aromatic rings. The Morgan fingerprint density at radius 1 is 0.900 bits per heavy atom. The second kappa shape index (κ2) is 11.6. The number of rotatable bonds is 11. The molecule has 1 saturated carbocycles. The summed E-state index contributed by atoms with van der Waals surface area (Å²) in [5.74, 6) is 1.90. The van der Waals surface area contributed by atoms with Crippen molar-refractivity contribution in [3.8, 4) is 0 Å². The molecule has 1 aliphatic carbocycles. The quantitative estimate of drug-likeness (QED) is 0.463. The van der Waals surface area contributed by atoms with E-state index in [1.54, 1.807) is 0 Å². The normalized spacial score (nSPS) is 23.4. The summed E-state index contributed by atoms with van der Waals surface area (Å²) in [6.45, 7) is 8.37. The van der Waals surface area contributed by atoms with Crippen LogP contribution in [-0.2, 0) is 0 Å². The van der Waals surface area contributed by atoms with Crippen molar-refractivity contribution in [2.75, 3.05) is 6.54 Å². The minimum atomic E-state index is 0.794. The molecule has 1 fully saturated rings. The zero-order chi connectivity index (χ0) is 14.6. The third-order valence-corrected chi connectivity index (χ3v) is 5.27. The lowest BCUT2D eigenvalue weighted by atomic mass is 9.80. The van der Waals surface area contributed by atoms with E-state index in [1.165, 1.54) is 83.6 Å². The fraction of sp³-hybridized carbons (Fsp3) is 1.00. The molecule has 1 N–H and O–H groups in total.